The average molecular weight is 375 g/mol. The summed E-state index contributed by atoms with van der Waals surface area (Å²) in [5.74, 6) is -0.871. The number of carbonyl (C=O) groups is 2. The van der Waals surface area contributed by atoms with E-state index in [2.05, 4.69) is 28.2 Å². The molecular weight excluding hydrogens is 358 g/mol. The third-order valence-electron chi connectivity index (χ3n) is 4.07. The number of aliphatic carboxylic acids is 1. The number of nitrogens with one attached hydrogen (secondary N) is 1. The van der Waals surface area contributed by atoms with E-state index in [9.17, 15) is 14.7 Å². The van der Waals surface area contributed by atoms with Crippen LogP contribution in [0.1, 0.15) is 43.0 Å². The van der Waals surface area contributed by atoms with Crippen molar-refractivity contribution >= 4 is 39.4 Å². The van der Waals surface area contributed by atoms with Gasteiger partial charge in [-0.1, -0.05) is 18.5 Å². The van der Waals surface area contributed by atoms with E-state index < -0.39 is 17.4 Å². The maximum Gasteiger partial charge on any atom is 0.329 e. The molecule has 2 N–H and O–H groups in total. The van der Waals surface area contributed by atoms with Crippen LogP contribution in [0.3, 0.4) is 0 Å². The fourth-order valence-electron chi connectivity index (χ4n) is 2.57. The van der Waals surface area contributed by atoms with E-state index in [4.69, 9.17) is 11.6 Å². The van der Waals surface area contributed by atoms with Gasteiger partial charge >= 0.3 is 5.97 Å². The van der Waals surface area contributed by atoms with Crippen LogP contribution in [0.4, 0.5) is 0 Å². The lowest BCUT2D eigenvalue weighted by atomic mass is 9.77. The summed E-state index contributed by atoms with van der Waals surface area (Å²) in [5.41, 5.74) is -0.800. The fourth-order valence-corrected chi connectivity index (χ4v) is 3.00. The lowest BCUT2D eigenvalue weighted by Crippen LogP contribution is -2.56. The first kappa shape index (κ1) is 16.3. The molecule has 0 radical (unpaired) electrons. The van der Waals surface area contributed by atoms with Crippen molar-refractivity contribution in [2.75, 3.05) is 0 Å². The number of hydrogen-bond acceptors (Lipinski definition) is 2. The highest BCUT2D eigenvalue weighted by molar-refractivity contribution is 9.10. The highest BCUT2D eigenvalue weighted by Crippen LogP contribution is 2.32. The molecule has 0 unspecified atom stereocenters. The maximum absolute atomic E-state index is 12.3. The summed E-state index contributed by atoms with van der Waals surface area (Å²) in [6, 6.07) is 4.82. The second kappa shape index (κ2) is 6.36. The summed E-state index contributed by atoms with van der Waals surface area (Å²) in [6.45, 7) is 2.10. The Labute approximate surface area is 137 Å². The second-order valence-corrected chi connectivity index (χ2v) is 6.91. The van der Waals surface area contributed by atoms with Gasteiger partial charge in [0.2, 0.25) is 0 Å². The Morgan fingerprint density at radius 3 is 2.52 bits per heavy atom. The topological polar surface area (TPSA) is 66.4 Å². The van der Waals surface area contributed by atoms with Crippen molar-refractivity contribution in [3.05, 3.63) is 33.3 Å². The molecule has 1 aromatic rings. The molecule has 114 valence electrons. The first-order valence-corrected chi connectivity index (χ1v) is 8.02. The molecule has 0 saturated heterocycles. The van der Waals surface area contributed by atoms with Gasteiger partial charge in [-0.05, 0) is 65.7 Å². The third kappa shape index (κ3) is 3.58. The smallest absolute Gasteiger partial charge is 0.329 e. The molecule has 2 rings (SSSR count). The normalized spacial score (nSPS) is 25.4. The highest BCUT2D eigenvalue weighted by Gasteiger charge is 2.42. The van der Waals surface area contributed by atoms with Gasteiger partial charge in [0, 0.05) is 10.0 Å². The molecule has 0 aliphatic heterocycles. The van der Waals surface area contributed by atoms with Gasteiger partial charge < -0.3 is 10.4 Å². The number of hydrogen-bond donors (Lipinski definition) is 2. The monoisotopic (exact) mass is 373 g/mol. The van der Waals surface area contributed by atoms with Crippen molar-refractivity contribution in [1.82, 2.24) is 5.32 Å². The molecule has 0 atom stereocenters. The Balaban J connectivity index is 2.19. The molecule has 0 heterocycles. The van der Waals surface area contributed by atoms with Gasteiger partial charge in [-0.2, -0.15) is 0 Å². The Bertz CT molecular complexity index is 568. The van der Waals surface area contributed by atoms with Gasteiger partial charge in [-0.3, -0.25) is 4.79 Å². The maximum atomic E-state index is 12.3. The predicted molar refractivity (Wildman–Crippen MR) is 84.6 cm³/mol. The molecule has 1 fully saturated rings. The first-order chi connectivity index (χ1) is 9.84. The molecule has 1 saturated carbocycles. The van der Waals surface area contributed by atoms with Crippen molar-refractivity contribution in [2.45, 2.75) is 38.1 Å². The largest absolute Gasteiger partial charge is 0.480 e. The zero-order valence-electron chi connectivity index (χ0n) is 11.7. The number of rotatable bonds is 3. The molecule has 0 spiro atoms. The standard InChI is InChI=1S/C15H17BrClNO3/c1-9-4-6-15(7-5-9,14(20)21)18-13(19)10-2-3-11(16)12(17)8-10/h2-3,8-9H,4-7H2,1H3,(H,18,19)(H,20,21). The SMILES string of the molecule is CC1CCC(NC(=O)c2ccc(Br)c(Cl)c2)(C(=O)O)CC1. The van der Waals surface area contributed by atoms with Crippen LogP contribution in [0.25, 0.3) is 0 Å². The summed E-state index contributed by atoms with van der Waals surface area (Å²) >= 11 is 9.23. The van der Waals surface area contributed by atoms with Gasteiger partial charge in [0.1, 0.15) is 5.54 Å². The highest BCUT2D eigenvalue weighted by atomic mass is 79.9. The first-order valence-electron chi connectivity index (χ1n) is 6.85. The fraction of sp³-hybridized carbons (Fsp3) is 0.467. The molecular formula is C15H17BrClNO3. The molecule has 1 aliphatic rings. The Morgan fingerprint density at radius 2 is 2.00 bits per heavy atom. The molecule has 0 aromatic heterocycles. The molecule has 1 aromatic carbocycles. The van der Waals surface area contributed by atoms with Crippen LogP contribution in [-0.2, 0) is 4.79 Å². The predicted octanol–water partition coefficient (Wildman–Crippen LogP) is 3.87. The van der Waals surface area contributed by atoms with Gasteiger partial charge in [0.15, 0.2) is 0 Å². The number of amides is 1. The zero-order chi connectivity index (χ0) is 15.6. The van der Waals surface area contributed by atoms with Crippen LogP contribution in [0, 0.1) is 5.92 Å². The molecule has 1 amide bonds. The summed E-state index contributed by atoms with van der Waals surface area (Å²) in [4.78, 5) is 23.9. The second-order valence-electron chi connectivity index (χ2n) is 5.65. The van der Waals surface area contributed by atoms with Crippen LogP contribution < -0.4 is 5.32 Å². The number of carboxylic acid groups (broad SMARTS) is 1. The van der Waals surface area contributed by atoms with Crippen molar-refractivity contribution in [3.63, 3.8) is 0 Å². The lowest BCUT2D eigenvalue weighted by molar-refractivity contribution is -0.146. The molecule has 4 nitrogen and oxygen atoms in total. The summed E-state index contributed by atoms with van der Waals surface area (Å²) < 4.78 is 0.695. The minimum absolute atomic E-state index is 0.363. The van der Waals surface area contributed by atoms with Gasteiger partial charge in [0.05, 0.1) is 5.02 Å². The summed E-state index contributed by atoms with van der Waals surface area (Å²) in [5, 5.41) is 12.6. The number of carbonyl (C=O) groups excluding carboxylic acids is 1. The van der Waals surface area contributed by atoms with E-state index in [0.29, 0.717) is 33.8 Å². The van der Waals surface area contributed by atoms with Crippen molar-refractivity contribution in [1.29, 1.82) is 0 Å². The quantitative estimate of drug-likeness (QED) is 0.844. The van der Waals surface area contributed by atoms with E-state index >= 15 is 0 Å². The molecule has 6 heteroatoms. The van der Waals surface area contributed by atoms with E-state index in [1.807, 2.05) is 0 Å². The molecule has 1 aliphatic carbocycles. The van der Waals surface area contributed by atoms with Crippen LogP contribution in [0.2, 0.25) is 5.02 Å². The Kier molecular flexibility index (Phi) is 4.94. The lowest BCUT2D eigenvalue weighted by Gasteiger charge is -2.36. The van der Waals surface area contributed by atoms with Crippen molar-refractivity contribution in [3.8, 4) is 0 Å². The van der Waals surface area contributed by atoms with Crippen LogP contribution in [0.5, 0.6) is 0 Å². The number of carboxylic acids is 1. The van der Waals surface area contributed by atoms with E-state index in [0.717, 1.165) is 12.8 Å². The number of halogens is 2. The average Bonchev–Trinajstić information content (AvgIpc) is 2.44. The van der Waals surface area contributed by atoms with E-state index in [-0.39, 0.29) is 0 Å². The Hall–Kier alpha value is -1.07. The van der Waals surface area contributed by atoms with Crippen LogP contribution in [-0.4, -0.2) is 22.5 Å². The summed E-state index contributed by atoms with van der Waals surface area (Å²) in [6.07, 6.45) is 2.51. The minimum atomic E-state index is -1.16. The summed E-state index contributed by atoms with van der Waals surface area (Å²) in [7, 11) is 0. The number of benzene rings is 1. The van der Waals surface area contributed by atoms with Crippen molar-refractivity contribution in [2.24, 2.45) is 5.92 Å². The third-order valence-corrected chi connectivity index (χ3v) is 5.30. The van der Waals surface area contributed by atoms with E-state index in [1.54, 1.807) is 12.1 Å². The van der Waals surface area contributed by atoms with E-state index in [1.165, 1.54) is 6.07 Å². The van der Waals surface area contributed by atoms with Crippen molar-refractivity contribution < 1.29 is 14.7 Å². The minimum Gasteiger partial charge on any atom is -0.480 e. The van der Waals surface area contributed by atoms with Gasteiger partial charge in [0.25, 0.3) is 5.91 Å². The zero-order valence-corrected chi connectivity index (χ0v) is 14.0. The van der Waals surface area contributed by atoms with Crippen LogP contribution >= 0.6 is 27.5 Å². The molecule has 21 heavy (non-hydrogen) atoms. The Morgan fingerprint density at radius 1 is 1.38 bits per heavy atom. The van der Waals surface area contributed by atoms with Gasteiger partial charge in [-0.25, -0.2) is 4.79 Å². The molecule has 0 bridgehead atoms. The van der Waals surface area contributed by atoms with Gasteiger partial charge in [-0.15, -0.1) is 0 Å². The van der Waals surface area contributed by atoms with Crippen LogP contribution in [0.15, 0.2) is 22.7 Å².